The third-order valence-corrected chi connectivity index (χ3v) is 4.02. The molecule has 0 unspecified atom stereocenters. The molecular formula is C16H23ClN4O3. The number of urea groups is 1. The van der Waals surface area contributed by atoms with Gasteiger partial charge in [0.25, 0.3) is 0 Å². The standard InChI is InChI=1S/C16H23ClN4O3/c17-12-4-3-5-13(15(12)21-8-10-24-11-9-21)20-14(22)6-1-2-7-19-16(18)23/h3-5H,1-2,6-11H2,(H,20,22)(H3,18,19,23). The van der Waals surface area contributed by atoms with Crippen LogP contribution in [-0.4, -0.2) is 44.8 Å². The molecule has 1 fully saturated rings. The predicted molar refractivity (Wildman–Crippen MR) is 94.6 cm³/mol. The summed E-state index contributed by atoms with van der Waals surface area (Å²) in [7, 11) is 0. The summed E-state index contributed by atoms with van der Waals surface area (Å²) in [6, 6.07) is 4.94. The monoisotopic (exact) mass is 354 g/mol. The Morgan fingerprint density at radius 1 is 1.25 bits per heavy atom. The molecule has 0 radical (unpaired) electrons. The molecule has 0 aromatic heterocycles. The van der Waals surface area contributed by atoms with Crippen molar-refractivity contribution in [3.63, 3.8) is 0 Å². The first-order valence-electron chi connectivity index (χ1n) is 8.02. The minimum absolute atomic E-state index is 0.0779. The molecule has 132 valence electrons. The highest BCUT2D eigenvalue weighted by atomic mass is 35.5. The van der Waals surface area contributed by atoms with E-state index in [0.717, 1.165) is 18.8 Å². The fourth-order valence-corrected chi connectivity index (χ4v) is 2.85. The molecule has 1 heterocycles. The molecule has 0 atom stereocenters. The van der Waals surface area contributed by atoms with Gasteiger partial charge >= 0.3 is 6.03 Å². The number of nitrogens with zero attached hydrogens (tertiary/aromatic N) is 1. The first kappa shape index (κ1) is 18.4. The van der Waals surface area contributed by atoms with Crippen molar-refractivity contribution in [2.45, 2.75) is 19.3 Å². The van der Waals surface area contributed by atoms with Crippen LogP contribution >= 0.6 is 11.6 Å². The van der Waals surface area contributed by atoms with E-state index < -0.39 is 6.03 Å². The Bertz CT molecular complexity index is 576. The van der Waals surface area contributed by atoms with Crippen molar-refractivity contribution in [1.29, 1.82) is 0 Å². The van der Waals surface area contributed by atoms with Crippen molar-refractivity contribution in [3.05, 3.63) is 23.2 Å². The third kappa shape index (κ3) is 5.58. The molecule has 1 aromatic rings. The molecule has 0 bridgehead atoms. The van der Waals surface area contributed by atoms with Gasteiger partial charge in [-0.2, -0.15) is 0 Å². The van der Waals surface area contributed by atoms with Gasteiger partial charge in [-0.3, -0.25) is 4.79 Å². The fourth-order valence-electron chi connectivity index (χ4n) is 2.56. The van der Waals surface area contributed by atoms with Gasteiger partial charge in [0, 0.05) is 26.1 Å². The lowest BCUT2D eigenvalue weighted by atomic mass is 10.2. The molecule has 0 aliphatic carbocycles. The number of halogens is 1. The van der Waals surface area contributed by atoms with E-state index in [1.165, 1.54) is 0 Å². The summed E-state index contributed by atoms with van der Waals surface area (Å²) in [5.74, 6) is -0.0779. The SMILES string of the molecule is NC(=O)NCCCCC(=O)Nc1cccc(Cl)c1N1CCOCC1. The summed E-state index contributed by atoms with van der Waals surface area (Å²) in [4.78, 5) is 24.8. The van der Waals surface area contributed by atoms with E-state index in [1.807, 2.05) is 18.2 Å². The van der Waals surface area contributed by atoms with Gasteiger partial charge in [-0.15, -0.1) is 0 Å². The number of amides is 3. The van der Waals surface area contributed by atoms with Gasteiger partial charge < -0.3 is 26.0 Å². The van der Waals surface area contributed by atoms with E-state index in [4.69, 9.17) is 22.1 Å². The van der Waals surface area contributed by atoms with Crippen LogP contribution in [0.2, 0.25) is 5.02 Å². The Balaban J connectivity index is 1.90. The van der Waals surface area contributed by atoms with E-state index in [9.17, 15) is 9.59 Å². The fraction of sp³-hybridized carbons (Fsp3) is 0.500. The van der Waals surface area contributed by atoms with Crippen molar-refractivity contribution in [3.8, 4) is 0 Å². The second-order valence-electron chi connectivity index (χ2n) is 5.53. The van der Waals surface area contributed by atoms with E-state index in [1.54, 1.807) is 0 Å². The van der Waals surface area contributed by atoms with Gasteiger partial charge in [0.15, 0.2) is 0 Å². The number of hydrogen-bond acceptors (Lipinski definition) is 4. The molecule has 2 rings (SSSR count). The smallest absolute Gasteiger partial charge is 0.312 e. The van der Waals surface area contributed by atoms with Gasteiger partial charge in [-0.25, -0.2) is 4.79 Å². The number of para-hydroxylation sites is 1. The van der Waals surface area contributed by atoms with Crippen LogP contribution in [0.25, 0.3) is 0 Å². The first-order chi connectivity index (χ1) is 11.6. The molecule has 0 spiro atoms. The van der Waals surface area contributed by atoms with E-state index >= 15 is 0 Å². The zero-order valence-electron chi connectivity index (χ0n) is 13.5. The highest BCUT2D eigenvalue weighted by Gasteiger charge is 2.18. The van der Waals surface area contributed by atoms with Crippen LogP contribution in [0.3, 0.4) is 0 Å². The lowest BCUT2D eigenvalue weighted by molar-refractivity contribution is -0.116. The van der Waals surface area contributed by atoms with Gasteiger partial charge in [-0.05, 0) is 25.0 Å². The second-order valence-corrected chi connectivity index (χ2v) is 5.94. The number of morpholine rings is 1. The van der Waals surface area contributed by atoms with Crippen molar-refractivity contribution in [2.24, 2.45) is 5.73 Å². The van der Waals surface area contributed by atoms with E-state index in [2.05, 4.69) is 15.5 Å². The van der Waals surface area contributed by atoms with Crippen molar-refractivity contribution in [2.75, 3.05) is 43.1 Å². The number of primary amides is 1. The summed E-state index contributed by atoms with van der Waals surface area (Å²) in [6.45, 7) is 3.24. The van der Waals surface area contributed by atoms with Crippen molar-refractivity contribution < 1.29 is 14.3 Å². The largest absolute Gasteiger partial charge is 0.378 e. The van der Waals surface area contributed by atoms with Crippen LogP contribution in [0.4, 0.5) is 16.2 Å². The molecule has 3 amide bonds. The van der Waals surface area contributed by atoms with E-state index in [-0.39, 0.29) is 5.91 Å². The molecule has 1 aliphatic heterocycles. The predicted octanol–water partition coefficient (Wildman–Crippen LogP) is 1.95. The Morgan fingerprint density at radius 3 is 2.71 bits per heavy atom. The van der Waals surface area contributed by atoms with Crippen LogP contribution < -0.4 is 21.3 Å². The molecule has 1 saturated heterocycles. The number of nitrogens with two attached hydrogens (primary N) is 1. The van der Waals surface area contributed by atoms with Gasteiger partial charge in [0.2, 0.25) is 5.91 Å². The van der Waals surface area contributed by atoms with Crippen LogP contribution in [0, 0.1) is 0 Å². The highest BCUT2D eigenvalue weighted by Crippen LogP contribution is 2.34. The summed E-state index contributed by atoms with van der Waals surface area (Å²) in [5, 5.41) is 6.04. The van der Waals surface area contributed by atoms with Crippen LogP contribution in [0.1, 0.15) is 19.3 Å². The maximum atomic E-state index is 12.1. The zero-order valence-corrected chi connectivity index (χ0v) is 14.3. The van der Waals surface area contributed by atoms with Gasteiger partial charge in [-0.1, -0.05) is 17.7 Å². The number of carbonyl (C=O) groups is 2. The highest BCUT2D eigenvalue weighted by molar-refractivity contribution is 6.34. The quantitative estimate of drug-likeness (QED) is 0.652. The molecule has 1 aromatic carbocycles. The summed E-state index contributed by atoms with van der Waals surface area (Å²) >= 11 is 6.34. The second kappa shape index (κ2) is 9.34. The van der Waals surface area contributed by atoms with E-state index in [0.29, 0.717) is 49.7 Å². The molecule has 1 aliphatic rings. The number of nitrogens with one attached hydrogen (secondary N) is 2. The van der Waals surface area contributed by atoms with Gasteiger partial charge in [0.05, 0.1) is 29.6 Å². The first-order valence-corrected chi connectivity index (χ1v) is 8.40. The zero-order chi connectivity index (χ0) is 17.4. The van der Waals surface area contributed by atoms with Crippen LogP contribution in [0.5, 0.6) is 0 Å². The Morgan fingerprint density at radius 2 is 2.00 bits per heavy atom. The number of carbonyl (C=O) groups excluding carboxylic acids is 2. The summed E-state index contributed by atoms with van der Waals surface area (Å²) < 4.78 is 5.36. The number of ether oxygens (including phenoxy) is 1. The average molecular weight is 355 g/mol. The molecule has 24 heavy (non-hydrogen) atoms. The van der Waals surface area contributed by atoms with Crippen molar-refractivity contribution in [1.82, 2.24) is 5.32 Å². The van der Waals surface area contributed by atoms with Crippen LogP contribution in [-0.2, 0) is 9.53 Å². The minimum atomic E-state index is -0.548. The topological polar surface area (TPSA) is 96.7 Å². The molecule has 4 N–H and O–H groups in total. The Labute approximate surface area is 146 Å². The lowest BCUT2D eigenvalue weighted by Crippen LogP contribution is -2.37. The normalized spacial score (nSPS) is 14.3. The maximum Gasteiger partial charge on any atom is 0.312 e. The molecular weight excluding hydrogens is 332 g/mol. The Hall–Kier alpha value is -1.99. The Kier molecular flexibility index (Phi) is 7.14. The minimum Gasteiger partial charge on any atom is -0.378 e. The number of unbranched alkanes of at least 4 members (excludes halogenated alkanes) is 1. The summed E-state index contributed by atoms with van der Waals surface area (Å²) in [5.41, 5.74) is 6.53. The lowest BCUT2D eigenvalue weighted by Gasteiger charge is -2.31. The van der Waals surface area contributed by atoms with Crippen LogP contribution in [0.15, 0.2) is 18.2 Å². The number of rotatable bonds is 7. The maximum absolute atomic E-state index is 12.1. The molecule has 0 saturated carbocycles. The average Bonchev–Trinajstić information content (AvgIpc) is 2.55. The molecule has 7 nitrogen and oxygen atoms in total. The number of benzene rings is 1. The van der Waals surface area contributed by atoms with Crippen molar-refractivity contribution >= 4 is 34.9 Å². The summed E-state index contributed by atoms with van der Waals surface area (Å²) in [6.07, 6.45) is 1.73. The third-order valence-electron chi connectivity index (χ3n) is 3.72. The number of hydrogen-bond donors (Lipinski definition) is 3. The molecule has 8 heteroatoms. The number of anilines is 2. The van der Waals surface area contributed by atoms with Gasteiger partial charge in [0.1, 0.15) is 0 Å².